The van der Waals surface area contributed by atoms with Crippen molar-refractivity contribution >= 4 is 103 Å². The van der Waals surface area contributed by atoms with Crippen molar-refractivity contribution in [3.8, 4) is 5.69 Å². The molecule has 10 aromatic rings. The van der Waals surface area contributed by atoms with E-state index < -0.39 is 8.07 Å². The van der Waals surface area contributed by atoms with E-state index >= 15 is 0 Å². The molecule has 226 valence electrons. The van der Waals surface area contributed by atoms with Crippen molar-refractivity contribution in [2.75, 3.05) is 0 Å². The van der Waals surface area contributed by atoms with Gasteiger partial charge in [0.25, 0.3) is 0 Å². The zero-order valence-corrected chi connectivity index (χ0v) is 28.6. The molecule has 10 rings (SSSR count). The Morgan fingerprint density at radius 3 is 1.60 bits per heavy atom. The van der Waals surface area contributed by atoms with Gasteiger partial charge in [0, 0.05) is 42.0 Å². The van der Waals surface area contributed by atoms with Gasteiger partial charge in [0.15, 0.2) is 8.07 Å². The Bertz CT molecular complexity index is 2740. The summed E-state index contributed by atoms with van der Waals surface area (Å²) in [5.74, 6) is 0. The summed E-state index contributed by atoms with van der Waals surface area (Å²) in [4.78, 5) is 0. The van der Waals surface area contributed by atoms with E-state index in [0.29, 0.717) is 0 Å². The third-order valence-corrected chi connectivity index (χ3v) is 17.2. The van der Waals surface area contributed by atoms with Gasteiger partial charge in [-0.05, 0) is 57.1 Å². The van der Waals surface area contributed by atoms with E-state index in [4.69, 9.17) is 0 Å². The number of hydrogen-bond donors (Lipinski definition) is 0. The number of para-hydroxylation sites is 2. The van der Waals surface area contributed by atoms with Crippen molar-refractivity contribution < 1.29 is 0 Å². The maximum absolute atomic E-state index is 2.80. The predicted molar refractivity (Wildman–Crippen MR) is 213 cm³/mol. The van der Waals surface area contributed by atoms with Crippen molar-refractivity contribution in [3.63, 3.8) is 0 Å². The van der Waals surface area contributed by atoms with Crippen molar-refractivity contribution in [2.24, 2.45) is 0 Å². The molecular formula is C44H29NS2Si. The summed E-state index contributed by atoms with van der Waals surface area (Å²) in [7, 11) is -2.80. The number of rotatable bonds is 5. The fraction of sp³-hybridized carbons (Fsp3) is 0. The summed E-state index contributed by atoms with van der Waals surface area (Å²) < 4.78 is 6.54. The second-order valence-electron chi connectivity index (χ2n) is 12.5. The van der Waals surface area contributed by atoms with Gasteiger partial charge in [0.05, 0.1) is 15.0 Å². The molecule has 0 amide bonds. The Morgan fingerprint density at radius 2 is 0.896 bits per heavy atom. The van der Waals surface area contributed by atoms with Crippen LogP contribution in [0.5, 0.6) is 0 Å². The molecule has 0 radical (unpaired) electrons. The van der Waals surface area contributed by atoms with Crippen LogP contribution in [0, 0.1) is 0 Å². The minimum Gasteiger partial charge on any atom is -0.309 e. The number of thiophene rings is 2. The summed E-state index contributed by atoms with van der Waals surface area (Å²) in [6.07, 6.45) is 0. The van der Waals surface area contributed by atoms with Crippen LogP contribution in [-0.2, 0) is 0 Å². The van der Waals surface area contributed by atoms with Crippen LogP contribution in [0.2, 0.25) is 0 Å². The van der Waals surface area contributed by atoms with Crippen molar-refractivity contribution in [1.29, 1.82) is 0 Å². The standard InChI is InChI=1S/C44H29NS2Si/c1-4-14-30(15-5-1)45-39-22-12-10-20-35(39)37-28-33(24-26-40(37)45)48(31-16-6-2-7-17-31,32-18-8-3-9-19-32)34-25-27-42-38(29-34)43-36-21-11-13-23-41(36)46-44(43)47-42/h1-29H. The van der Waals surface area contributed by atoms with E-state index in [1.807, 2.05) is 22.7 Å². The molecule has 0 saturated heterocycles. The second-order valence-corrected chi connectivity index (χ2v) is 18.6. The average Bonchev–Trinajstić information content (AvgIpc) is 3.81. The molecule has 0 unspecified atom stereocenters. The largest absolute Gasteiger partial charge is 0.309 e. The van der Waals surface area contributed by atoms with Crippen LogP contribution in [0.3, 0.4) is 0 Å². The average molecular weight is 664 g/mol. The smallest absolute Gasteiger partial charge is 0.179 e. The molecule has 0 saturated carbocycles. The van der Waals surface area contributed by atoms with Crippen LogP contribution in [0.25, 0.3) is 57.1 Å². The molecule has 0 N–H and O–H groups in total. The summed E-state index contributed by atoms with van der Waals surface area (Å²) in [5.41, 5.74) is 3.64. The number of aromatic nitrogens is 1. The van der Waals surface area contributed by atoms with Gasteiger partial charge in [-0.2, -0.15) is 0 Å². The first kappa shape index (κ1) is 27.8. The lowest BCUT2D eigenvalue weighted by atomic mass is 10.1. The zero-order valence-electron chi connectivity index (χ0n) is 26.0. The predicted octanol–water partition coefficient (Wildman–Crippen LogP) is 9.74. The number of benzene rings is 7. The highest BCUT2D eigenvalue weighted by molar-refractivity contribution is 7.44. The number of hydrogen-bond acceptors (Lipinski definition) is 2. The summed E-state index contributed by atoms with van der Waals surface area (Å²) in [6.45, 7) is 0. The third kappa shape index (κ3) is 4.00. The third-order valence-electron chi connectivity index (χ3n) is 9.98. The molecule has 4 heteroatoms. The van der Waals surface area contributed by atoms with E-state index in [-0.39, 0.29) is 0 Å². The Labute approximate surface area is 287 Å². The first-order valence-electron chi connectivity index (χ1n) is 16.4. The van der Waals surface area contributed by atoms with Gasteiger partial charge >= 0.3 is 0 Å². The molecule has 0 aliphatic heterocycles. The van der Waals surface area contributed by atoms with E-state index in [1.54, 1.807) is 0 Å². The molecule has 0 fully saturated rings. The molecule has 48 heavy (non-hydrogen) atoms. The molecule has 3 heterocycles. The van der Waals surface area contributed by atoms with Crippen molar-refractivity contribution in [3.05, 3.63) is 176 Å². The Balaban J connectivity index is 1.33. The summed E-state index contributed by atoms with van der Waals surface area (Å²) in [5, 5.41) is 12.3. The van der Waals surface area contributed by atoms with Gasteiger partial charge in [0.1, 0.15) is 0 Å². The molecular weight excluding hydrogens is 635 g/mol. The maximum Gasteiger partial charge on any atom is 0.179 e. The summed E-state index contributed by atoms with van der Waals surface area (Å²) >= 11 is 3.85. The van der Waals surface area contributed by atoms with Gasteiger partial charge in [-0.1, -0.05) is 140 Å². The van der Waals surface area contributed by atoms with Gasteiger partial charge in [-0.15, -0.1) is 22.7 Å². The molecule has 1 nitrogen and oxygen atoms in total. The molecule has 0 atom stereocenters. The first-order valence-corrected chi connectivity index (χ1v) is 20.0. The highest BCUT2D eigenvalue weighted by Gasteiger charge is 2.42. The maximum atomic E-state index is 2.55. The van der Waals surface area contributed by atoms with E-state index in [1.165, 1.54) is 77.8 Å². The van der Waals surface area contributed by atoms with Gasteiger partial charge in [-0.3, -0.25) is 0 Å². The van der Waals surface area contributed by atoms with E-state index in [2.05, 4.69) is 180 Å². The lowest BCUT2D eigenvalue weighted by molar-refractivity contribution is 1.18. The highest BCUT2D eigenvalue weighted by atomic mass is 32.2. The molecule has 0 aliphatic rings. The van der Waals surface area contributed by atoms with Crippen LogP contribution >= 0.6 is 22.7 Å². The summed E-state index contributed by atoms with van der Waals surface area (Å²) in [6, 6.07) is 65.8. The monoisotopic (exact) mass is 663 g/mol. The van der Waals surface area contributed by atoms with Crippen molar-refractivity contribution in [2.45, 2.75) is 0 Å². The topological polar surface area (TPSA) is 4.93 Å². The quantitative estimate of drug-likeness (QED) is 0.128. The number of nitrogens with zero attached hydrogens (tertiary/aromatic N) is 1. The van der Waals surface area contributed by atoms with Crippen LogP contribution in [0.1, 0.15) is 0 Å². The normalized spacial score (nSPS) is 12.2. The van der Waals surface area contributed by atoms with E-state index in [0.717, 1.165) is 0 Å². The molecule has 0 aliphatic carbocycles. The molecule has 3 aromatic heterocycles. The number of fused-ring (bicyclic) bond motifs is 8. The SMILES string of the molecule is c1ccc(-n2c3ccccc3c3cc([Si](c4ccccc4)(c4ccccc4)c4ccc5sc6sc7ccccc7c6c5c4)ccc32)cc1. The fourth-order valence-corrected chi connectivity index (χ4v) is 15.3. The Morgan fingerprint density at radius 1 is 0.375 bits per heavy atom. The minimum atomic E-state index is -2.80. The Kier molecular flexibility index (Phi) is 6.31. The van der Waals surface area contributed by atoms with Crippen LogP contribution in [0.15, 0.2) is 176 Å². The van der Waals surface area contributed by atoms with E-state index in [9.17, 15) is 0 Å². The van der Waals surface area contributed by atoms with Gasteiger partial charge < -0.3 is 4.57 Å². The van der Waals surface area contributed by atoms with Crippen LogP contribution < -0.4 is 20.7 Å². The van der Waals surface area contributed by atoms with Gasteiger partial charge in [0.2, 0.25) is 0 Å². The zero-order chi connectivity index (χ0) is 31.7. The first-order chi connectivity index (χ1) is 23.8. The lowest BCUT2D eigenvalue weighted by Gasteiger charge is -2.34. The van der Waals surface area contributed by atoms with Crippen molar-refractivity contribution in [1.82, 2.24) is 4.57 Å². The molecule has 0 spiro atoms. The minimum absolute atomic E-state index is 1.18. The van der Waals surface area contributed by atoms with Crippen LogP contribution in [-0.4, -0.2) is 12.6 Å². The fourth-order valence-electron chi connectivity index (χ4n) is 7.94. The Hall–Kier alpha value is -5.26. The second kappa shape index (κ2) is 10.9. The highest BCUT2D eigenvalue weighted by Crippen LogP contribution is 2.44. The molecule has 0 bridgehead atoms. The molecule has 7 aromatic carbocycles. The van der Waals surface area contributed by atoms with Gasteiger partial charge in [-0.25, -0.2) is 0 Å². The lowest BCUT2D eigenvalue weighted by Crippen LogP contribution is -2.74. The van der Waals surface area contributed by atoms with Crippen LogP contribution in [0.4, 0.5) is 0 Å².